The Bertz CT molecular complexity index is 272. The van der Waals surface area contributed by atoms with E-state index in [2.05, 4.69) is 5.32 Å². The van der Waals surface area contributed by atoms with Crippen LogP contribution in [0.2, 0.25) is 0 Å². The molecule has 0 heterocycles. The molecule has 0 radical (unpaired) electrons. The molecule has 0 bridgehead atoms. The predicted molar refractivity (Wildman–Crippen MR) is 77.2 cm³/mol. The van der Waals surface area contributed by atoms with Crippen molar-refractivity contribution in [3.05, 3.63) is 0 Å². The van der Waals surface area contributed by atoms with Gasteiger partial charge >= 0.3 is 6.09 Å². The molecule has 1 unspecified atom stereocenters. The van der Waals surface area contributed by atoms with Gasteiger partial charge in [-0.05, 0) is 60.9 Å². The molecule has 0 aliphatic heterocycles. The van der Waals surface area contributed by atoms with Gasteiger partial charge in [-0.25, -0.2) is 4.79 Å². The van der Waals surface area contributed by atoms with Crippen LogP contribution in [0.25, 0.3) is 0 Å². The number of amides is 1. The van der Waals surface area contributed by atoms with E-state index in [0.29, 0.717) is 13.2 Å². The van der Waals surface area contributed by atoms with E-state index in [1.54, 1.807) is 0 Å². The summed E-state index contributed by atoms with van der Waals surface area (Å²) in [5.41, 5.74) is 4.62. The Balaban J connectivity index is 4.01. The van der Waals surface area contributed by atoms with Gasteiger partial charge in [0, 0.05) is 12.1 Å². The van der Waals surface area contributed by atoms with Gasteiger partial charge < -0.3 is 20.5 Å². The number of carbonyl (C=O) groups excluding carboxylic acids is 1. The van der Waals surface area contributed by atoms with Gasteiger partial charge in [-0.15, -0.1) is 0 Å². The molecular formula is C14H30N2O3. The van der Waals surface area contributed by atoms with Crippen LogP contribution in [-0.2, 0) is 9.47 Å². The fraction of sp³-hybridized carbons (Fsp3) is 0.929. The molecule has 0 saturated heterocycles. The Morgan fingerprint density at radius 2 is 1.84 bits per heavy atom. The summed E-state index contributed by atoms with van der Waals surface area (Å²) in [6.07, 6.45) is 1.33. The molecule has 0 aromatic rings. The summed E-state index contributed by atoms with van der Waals surface area (Å²) in [7, 11) is 0. The number of carbonyl (C=O) groups is 1. The summed E-state index contributed by atoms with van der Waals surface area (Å²) < 4.78 is 10.9. The van der Waals surface area contributed by atoms with Gasteiger partial charge in [0.2, 0.25) is 0 Å². The van der Waals surface area contributed by atoms with E-state index in [9.17, 15) is 4.79 Å². The Hall–Kier alpha value is -0.810. The number of rotatable bonds is 7. The Morgan fingerprint density at radius 3 is 2.32 bits per heavy atom. The Kier molecular flexibility index (Phi) is 7.37. The van der Waals surface area contributed by atoms with Crippen LogP contribution in [0.3, 0.4) is 0 Å². The highest BCUT2D eigenvalue weighted by Crippen LogP contribution is 2.13. The zero-order chi connectivity index (χ0) is 15.1. The molecule has 3 N–H and O–H groups in total. The van der Waals surface area contributed by atoms with E-state index in [-0.39, 0.29) is 11.6 Å². The van der Waals surface area contributed by atoms with Crippen LogP contribution in [0, 0.1) is 0 Å². The minimum absolute atomic E-state index is 0.155. The van der Waals surface area contributed by atoms with Gasteiger partial charge in [0.1, 0.15) is 5.60 Å². The molecule has 1 amide bonds. The first-order valence-corrected chi connectivity index (χ1v) is 6.88. The molecule has 0 saturated carbocycles. The summed E-state index contributed by atoms with van der Waals surface area (Å²) in [6.45, 7) is 12.7. The molecule has 0 aliphatic rings. The highest BCUT2D eigenvalue weighted by Gasteiger charge is 2.24. The number of alkyl carbamates (subject to hydrolysis) is 1. The molecule has 0 aromatic heterocycles. The van der Waals surface area contributed by atoms with Gasteiger partial charge in [0.15, 0.2) is 0 Å². The van der Waals surface area contributed by atoms with Gasteiger partial charge in [0.05, 0.1) is 6.10 Å². The van der Waals surface area contributed by atoms with Gasteiger partial charge in [-0.3, -0.25) is 0 Å². The van der Waals surface area contributed by atoms with E-state index in [1.807, 2.05) is 41.5 Å². The second-order valence-corrected chi connectivity index (χ2v) is 6.52. The molecule has 0 aliphatic carbocycles. The summed E-state index contributed by atoms with van der Waals surface area (Å²) in [5, 5.41) is 2.85. The minimum Gasteiger partial charge on any atom is -0.444 e. The first-order valence-electron chi connectivity index (χ1n) is 6.88. The van der Waals surface area contributed by atoms with Gasteiger partial charge in [0.25, 0.3) is 0 Å². The Morgan fingerprint density at radius 1 is 1.26 bits per heavy atom. The summed E-state index contributed by atoms with van der Waals surface area (Å²) in [5.74, 6) is 0. The summed E-state index contributed by atoms with van der Waals surface area (Å²) in [4.78, 5) is 11.7. The molecule has 5 nitrogen and oxygen atoms in total. The smallest absolute Gasteiger partial charge is 0.408 e. The van der Waals surface area contributed by atoms with Crippen LogP contribution in [0.5, 0.6) is 0 Å². The van der Waals surface area contributed by atoms with E-state index in [0.717, 1.165) is 12.8 Å². The fourth-order valence-electron chi connectivity index (χ4n) is 1.48. The third kappa shape index (κ3) is 10.8. The second-order valence-electron chi connectivity index (χ2n) is 6.52. The van der Waals surface area contributed by atoms with E-state index in [1.165, 1.54) is 0 Å². The van der Waals surface area contributed by atoms with Crippen LogP contribution in [0.4, 0.5) is 4.79 Å². The quantitative estimate of drug-likeness (QED) is 0.748. The van der Waals surface area contributed by atoms with Crippen molar-refractivity contribution in [2.45, 2.75) is 71.6 Å². The fourth-order valence-corrected chi connectivity index (χ4v) is 1.48. The van der Waals surface area contributed by atoms with Crippen molar-refractivity contribution in [3.63, 3.8) is 0 Å². The van der Waals surface area contributed by atoms with E-state index >= 15 is 0 Å². The molecule has 0 rings (SSSR count). The number of nitrogens with one attached hydrogen (secondary N) is 1. The van der Waals surface area contributed by atoms with E-state index in [4.69, 9.17) is 15.2 Å². The lowest BCUT2D eigenvalue weighted by Crippen LogP contribution is -2.46. The van der Waals surface area contributed by atoms with Crippen molar-refractivity contribution >= 4 is 6.09 Å². The lowest BCUT2D eigenvalue weighted by molar-refractivity contribution is 0.0349. The number of nitrogens with two attached hydrogens (primary N) is 1. The zero-order valence-corrected chi connectivity index (χ0v) is 13.2. The number of hydrogen-bond donors (Lipinski definition) is 2. The summed E-state index contributed by atoms with van der Waals surface area (Å²) >= 11 is 0. The number of hydrogen-bond acceptors (Lipinski definition) is 4. The van der Waals surface area contributed by atoms with Crippen molar-refractivity contribution in [2.24, 2.45) is 5.73 Å². The molecule has 5 heteroatoms. The van der Waals surface area contributed by atoms with Crippen LogP contribution in [0.15, 0.2) is 0 Å². The molecule has 0 aromatic carbocycles. The van der Waals surface area contributed by atoms with Crippen molar-refractivity contribution < 1.29 is 14.3 Å². The molecule has 0 fully saturated rings. The SMILES string of the molecule is CC(CCN)OCCC(C)(C)NC(=O)OC(C)(C)C. The van der Waals surface area contributed by atoms with Crippen molar-refractivity contribution in [2.75, 3.05) is 13.2 Å². The van der Waals surface area contributed by atoms with Crippen LogP contribution >= 0.6 is 0 Å². The average molecular weight is 274 g/mol. The molecule has 19 heavy (non-hydrogen) atoms. The van der Waals surface area contributed by atoms with Crippen molar-refractivity contribution in [1.82, 2.24) is 5.32 Å². The van der Waals surface area contributed by atoms with Crippen molar-refractivity contribution in [1.29, 1.82) is 0 Å². The maximum Gasteiger partial charge on any atom is 0.408 e. The third-order valence-corrected chi connectivity index (χ3v) is 2.54. The molecular weight excluding hydrogens is 244 g/mol. The minimum atomic E-state index is -0.480. The maximum absolute atomic E-state index is 11.7. The van der Waals surface area contributed by atoms with Crippen LogP contribution in [0.1, 0.15) is 54.4 Å². The van der Waals surface area contributed by atoms with Crippen molar-refractivity contribution in [3.8, 4) is 0 Å². The number of ether oxygens (including phenoxy) is 2. The largest absolute Gasteiger partial charge is 0.444 e. The van der Waals surface area contributed by atoms with Crippen LogP contribution < -0.4 is 11.1 Å². The highest BCUT2D eigenvalue weighted by atomic mass is 16.6. The monoisotopic (exact) mass is 274 g/mol. The predicted octanol–water partition coefficient (Wildman–Crippen LogP) is 2.43. The second kappa shape index (κ2) is 7.70. The van der Waals surface area contributed by atoms with Crippen LogP contribution in [-0.4, -0.2) is 36.5 Å². The molecule has 1 atom stereocenters. The zero-order valence-electron chi connectivity index (χ0n) is 13.2. The van der Waals surface area contributed by atoms with Gasteiger partial charge in [-0.2, -0.15) is 0 Å². The normalized spacial score (nSPS) is 14.1. The summed E-state index contributed by atoms with van der Waals surface area (Å²) in [6, 6.07) is 0. The van der Waals surface area contributed by atoms with E-state index < -0.39 is 11.7 Å². The standard InChI is InChI=1S/C14H30N2O3/c1-11(7-9-15)18-10-8-14(5,6)16-12(17)19-13(2,3)4/h11H,7-10,15H2,1-6H3,(H,16,17). The molecule has 0 spiro atoms. The molecule has 114 valence electrons. The lowest BCUT2D eigenvalue weighted by Gasteiger charge is -2.29. The first-order chi connectivity index (χ1) is 8.56. The average Bonchev–Trinajstić information content (AvgIpc) is 2.12. The first kappa shape index (κ1) is 18.2. The highest BCUT2D eigenvalue weighted by molar-refractivity contribution is 5.68. The maximum atomic E-state index is 11.7. The lowest BCUT2D eigenvalue weighted by atomic mass is 10.0. The third-order valence-electron chi connectivity index (χ3n) is 2.54. The van der Waals surface area contributed by atoms with Gasteiger partial charge in [-0.1, -0.05) is 0 Å². The topological polar surface area (TPSA) is 73.6 Å². The Labute approximate surface area is 117 Å².